The van der Waals surface area contributed by atoms with Gasteiger partial charge < -0.3 is 25.2 Å². The molecule has 102 valence electrons. The summed E-state index contributed by atoms with van der Waals surface area (Å²) in [7, 11) is 0. The number of nitrogens with zero attached hydrogens (tertiary/aromatic N) is 1. The molecule has 0 radical (unpaired) electrons. The Morgan fingerprint density at radius 2 is 1.18 bits per heavy atom. The van der Waals surface area contributed by atoms with Crippen LogP contribution in [0.1, 0.15) is 12.8 Å². The van der Waals surface area contributed by atoms with Crippen LogP contribution in [-0.4, -0.2) is 63.2 Å². The molecule has 0 aromatic carbocycles. The van der Waals surface area contributed by atoms with Crippen LogP contribution in [-0.2, 0) is 19.2 Å². The second kappa shape index (κ2) is 19.2. The van der Waals surface area contributed by atoms with E-state index in [1.54, 1.807) is 0 Å². The largest absolute Gasteiger partial charge is 1.00 e. The van der Waals surface area contributed by atoms with Gasteiger partial charge in [0.15, 0.2) is 0 Å². The fourth-order valence-electron chi connectivity index (χ4n) is 1.33. The third-order valence-electron chi connectivity index (χ3n) is 2.02. The van der Waals surface area contributed by atoms with Crippen molar-refractivity contribution >= 4 is 23.9 Å². The van der Waals surface area contributed by atoms with Crippen molar-refractivity contribution in [3.8, 4) is 0 Å². The zero-order valence-electron chi connectivity index (χ0n) is 13.2. The first-order valence-corrected chi connectivity index (χ1v) is 4.84. The molecule has 0 amide bonds. The van der Waals surface area contributed by atoms with E-state index in [1.165, 1.54) is 0 Å². The second-order valence-electron chi connectivity index (χ2n) is 3.46. The maximum Gasteiger partial charge on any atom is 1.00 e. The Morgan fingerprint density at radius 1 is 0.818 bits per heavy atom. The number of carboxylic acid groups (broad SMARTS) is 4. The monoisotopic (exact) mass is 354 g/mol. The van der Waals surface area contributed by atoms with Crippen molar-refractivity contribution in [3.05, 3.63) is 0 Å². The first kappa shape index (κ1) is 35.0. The average molecular weight is 354 g/mol. The van der Waals surface area contributed by atoms with Crippen molar-refractivity contribution in [2.75, 3.05) is 13.1 Å². The normalized spacial score (nSPS) is 9.86. The van der Waals surface area contributed by atoms with Gasteiger partial charge in [-0.25, -0.2) is 0 Å². The number of hydrogen-bond acceptors (Lipinski definition) is 6. The van der Waals surface area contributed by atoms with E-state index in [0.717, 1.165) is 0 Å². The Hall–Kier alpha value is 1.84. The van der Waals surface area contributed by atoms with Crippen molar-refractivity contribution < 1.29 is 158 Å². The number of carbonyl (C=O) groups excluding carboxylic acids is 1. The first-order valence-electron chi connectivity index (χ1n) is 4.84. The van der Waals surface area contributed by atoms with Crippen LogP contribution in [0, 0.1) is 0 Å². The molecule has 0 heterocycles. The summed E-state index contributed by atoms with van der Waals surface area (Å²) in [5.74, 6) is -5.82. The number of rotatable bonds is 9. The van der Waals surface area contributed by atoms with Gasteiger partial charge in [0, 0.05) is 6.42 Å². The second-order valence-corrected chi connectivity index (χ2v) is 3.46. The molecule has 0 bridgehead atoms. The van der Waals surface area contributed by atoms with Gasteiger partial charge in [0.05, 0.1) is 25.1 Å². The van der Waals surface area contributed by atoms with Crippen LogP contribution in [0.2, 0.25) is 0 Å². The minimum absolute atomic E-state index is 0. The smallest absolute Gasteiger partial charge is 0.548 e. The molecule has 0 fully saturated rings. The molecule has 0 saturated heterocycles. The molecule has 0 rings (SSSR count). The van der Waals surface area contributed by atoms with E-state index in [1.807, 2.05) is 0 Å². The van der Waals surface area contributed by atoms with Gasteiger partial charge in [-0.15, -0.1) is 0 Å². The van der Waals surface area contributed by atoms with Crippen LogP contribution in [0.15, 0.2) is 0 Å². The average Bonchev–Trinajstić information content (AvgIpc) is 2.14. The zero-order valence-corrected chi connectivity index (χ0v) is 21.2. The number of aliphatic carboxylic acids is 4. The first-order chi connectivity index (χ1) is 8.23. The van der Waals surface area contributed by atoms with E-state index in [2.05, 4.69) is 0 Å². The summed E-state index contributed by atoms with van der Waals surface area (Å²) in [6, 6.07) is -1.58. The van der Waals surface area contributed by atoms with Gasteiger partial charge in [-0.05, 0) is 6.42 Å². The minimum Gasteiger partial charge on any atom is -0.548 e. The van der Waals surface area contributed by atoms with Crippen molar-refractivity contribution in [3.63, 3.8) is 0 Å². The molecule has 22 heavy (non-hydrogen) atoms. The van der Waals surface area contributed by atoms with E-state index in [0.29, 0.717) is 4.90 Å². The standard InChI is InChI=1S/C9H13NO8.4Na/c11-6(12)2-1-5(9(17)18)10(3-7(13)14)4-8(15)16;;;;/h5H,1-4H2,(H,11,12)(H,13,14)(H,15,16)(H,17,18);;;;/q;4*+1/p-1/t5-;;;;/m0..../s1. The summed E-state index contributed by atoms with van der Waals surface area (Å²) in [5.41, 5.74) is 0. The van der Waals surface area contributed by atoms with Gasteiger partial charge in [0.25, 0.3) is 0 Å². The van der Waals surface area contributed by atoms with Gasteiger partial charge in [0.2, 0.25) is 0 Å². The molecule has 0 unspecified atom stereocenters. The molecule has 0 aliphatic rings. The van der Waals surface area contributed by atoms with E-state index in [9.17, 15) is 24.3 Å². The molecule has 0 aromatic rings. The van der Waals surface area contributed by atoms with Crippen LogP contribution in [0.25, 0.3) is 0 Å². The molecule has 0 saturated carbocycles. The predicted octanol–water partition coefficient (Wildman–Crippen LogP) is -14.5. The van der Waals surface area contributed by atoms with E-state index >= 15 is 0 Å². The predicted molar refractivity (Wildman–Crippen MR) is 52.5 cm³/mol. The molecule has 3 N–H and O–H groups in total. The Morgan fingerprint density at radius 3 is 1.41 bits per heavy atom. The van der Waals surface area contributed by atoms with Gasteiger partial charge in [0.1, 0.15) is 0 Å². The Bertz CT molecular complexity index is 352. The summed E-state index contributed by atoms with van der Waals surface area (Å²) in [6.45, 7) is -1.66. The van der Waals surface area contributed by atoms with Crippen molar-refractivity contribution in [2.45, 2.75) is 18.9 Å². The molecule has 0 spiro atoms. The van der Waals surface area contributed by atoms with Crippen molar-refractivity contribution in [1.82, 2.24) is 4.90 Å². The fraction of sp³-hybridized carbons (Fsp3) is 0.556. The van der Waals surface area contributed by atoms with Crippen LogP contribution < -0.4 is 123 Å². The van der Waals surface area contributed by atoms with E-state index in [4.69, 9.17) is 15.3 Å². The van der Waals surface area contributed by atoms with Crippen LogP contribution >= 0.6 is 0 Å². The van der Waals surface area contributed by atoms with Crippen molar-refractivity contribution in [2.24, 2.45) is 0 Å². The Balaban J connectivity index is -0.000000241. The maximum absolute atomic E-state index is 10.8. The Labute approximate surface area is 215 Å². The maximum atomic E-state index is 10.8. The summed E-state index contributed by atoms with van der Waals surface area (Å²) < 4.78 is 0. The fourth-order valence-corrected chi connectivity index (χ4v) is 1.33. The SMILES string of the molecule is O=C(O)CC[C@@H](C(=O)[O-])N(CC(=O)O)CC(=O)O.[Na+].[Na+].[Na+].[Na+]. The number of carboxylic acids is 4. The van der Waals surface area contributed by atoms with Gasteiger partial charge >= 0.3 is 136 Å². The molecule has 0 aliphatic heterocycles. The van der Waals surface area contributed by atoms with E-state index < -0.39 is 55.9 Å². The summed E-state index contributed by atoms with van der Waals surface area (Å²) in [5, 5.41) is 36.3. The van der Waals surface area contributed by atoms with Crippen LogP contribution in [0.5, 0.6) is 0 Å². The molecule has 0 aliphatic carbocycles. The summed E-state index contributed by atoms with van der Waals surface area (Å²) >= 11 is 0. The van der Waals surface area contributed by atoms with Gasteiger partial charge in [-0.1, -0.05) is 0 Å². The minimum atomic E-state index is -1.71. The third kappa shape index (κ3) is 18.2. The number of hydrogen-bond donors (Lipinski definition) is 3. The summed E-state index contributed by atoms with van der Waals surface area (Å²) in [6.07, 6.45) is -0.966. The number of carbonyl (C=O) groups is 4. The Kier molecular flexibility index (Phi) is 30.5. The van der Waals surface area contributed by atoms with Gasteiger partial charge in [-0.3, -0.25) is 19.3 Å². The molecule has 0 aromatic heterocycles. The molecule has 9 nitrogen and oxygen atoms in total. The van der Waals surface area contributed by atoms with Crippen LogP contribution in [0.3, 0.4) is 0 Å². The molecule has 13 heteroatoms. The summed E-state index contributed by atoms with van der Waals surface area (Å²) in [4.78, 5) is 42.7. The van der Waals surface area contributed by atoms with Gasteiger partial charge in [-0.2, -0.15) is 0 Å². The van der Waals surface area contributed by atoms with Crippen molar-refractivity contribution in [1.29, 1.82) is 0 Å². The molecular weight excluding hydrogens is 342 g/mol. The van der Waals surface area contributed by atoms with Crippen LogP contribution in [0.4, 0.5) is 0 Å². The molecule has 1 atom stereocenters. The third-order valence-corrected chi connectivity index (χ3v) is 2.02. The quantitative estimate of drug-likeness (QED) is 0.342. The van der Waals surface area contributed by atoms with E-state index in [-0.39, 0.29) is 118 Å². The zero-order chi connectivity index (χ0) is 14.3. The topological polar surface area (TPSA) is 155 Å². The molecular formula is C9H12NNa4O8+3.